The number of nitrogens with zero attached hydrogens (tertiary/aromatic N) is 1. The average Bonchev–Trinajstić information content (AvgIpc) is 3.44. The number of ether oxygens (including phenoxy) is 1. The summed E-state index contributed by atoms with van der Waals surface area (Å²) in [4.78, 5) is 15.7. The predicted octanol–water partition coefficient (Wildman–Crippen LogP) is 1.91. The average molecular weight is 346 g/mol. The van der Waals surface area contributed by atoms with Crippen LogP contribution < -0.4 is 20.7 Å². The highest BCUT2D eigenvalue weighted by atomic mass is 16.5. The van der Waals surface area contributed by atoms with Gasteiger partial charge in [-0.3, -0.25) is 9.79 Å². The van der Waals surface area contributed by atoms with Crippen molar-refractivity contribution in [3.63, 3.8) is 0 Å². The third-order valence-electron chi connectivity index (χ3n) is 4.06. The van der Waals surface area contributed by atoms with Crippen LogP contribution in [0.4, 0.5) is 0 Å². The smallest absolute Gasteiger partial charge is 0.222 e. The quantitative estimate of drug-likeness (QED) is 0.363. The highest BCUT2D eigenvalue weighted by Crippen LogP contribution is 2.30. The first-order chi connectivity index (χ1) is 12.1. The third kappa shape index (κ3) is 7.03. The van der Waals surface area contributed by atoms with Gasteiger partial charge in [-0.05, 0) is 24.8 Å². The molecule has 0 aromatic heterocycles. The van der Waals surface area contributed by atoms with Crippen molar-refractivity contribution in [2.75, 3.05) is 26.7 Å². The minimum atomic E-state index is 0.00424. The van der Waals surface area contributed by atoms with Crippen LogP contribution in [0.25, 0.3) is 0 Å². The first kappa shape index (κ1) is 19.1. The van der Waals surface area contributed by atoms with E-state index in [1.165, 1.54) is 12.8 Å². The Morgan fingerprint density at radius 3 is 2.60 bits per heavy atom. The van der Waals surface area contributed by atoms with Crippen molar-refractivity contribution in [3.05, 3.63) is 29.8 Å². The minimum Gasteiger partial charge on any atom is -0.493 e. The molecule has 1 aliphatic carbocycles. The molecule has 138 valence electrons. The van der Waals surface area contributed by atoms with E-state index in [0.717, 1.165) is 23.8 Å². The molecule has 0 saturated heterocycles. The number of carbonyl (C=O) groups excluding carboxylic acids is 1. The predicted molar refractivity (Wildman–Crippen MR) is 101 cm³/mol. The Morgan fingerprint density at radius 1 is 1.20 bits per heavy atom. The van der Waals surface area contributed by atoms with Crippen molar-refractivity contribution < 1.29 is 9.53 Å². The topological polar surface area (TPSA) is 74.8 Å². The molecular formula is C19H30N4O2. The molecule has 1 amide bonds. The van der Waals surface area contributed by atoms with Gasteiger partial charge >= 0.3 is 0 Å². The van der Waals surface area contributed by atoms with Crippen molar-refractivity contribution in [1.29, 1.82) is 0 Å². The molecule has 6 nitrogen and oxygen atoms in total. The summed E-state index contributed by atoms with van der Waals surface area (Å²) in [5.74, 6) is 2.44. The first-order valence-corrected chi connectivity index (χ1v) is 9.03. The van der Waals surface area contributed by atoms with E-state index in [9.17, 15) is 4.79 Å². The number of aliphatic imine (C=N–C) groups is 1. The van der Waals surface area contributed by atoms with E-state index < -0.39 is 0 Å². The summed E-state index contributed by atoms with van der Waals surface area (Å²) in [6, 6.07) is 8.08. The molecule has 25 heavy (non-hydrogen) atoms. The van der Waals surface area contributed by atoms with E-state index in [4.69, 9.17) is 4.74 Å². The summed E-state index contributed by atoms with van der Waals surface area (Å²) in [7, 11) is 1.73. The lowest BCUT2D eigenvalue weighted by Gasteiger charge is -2.15. The molecule has 0 heterocycles. The molecule has 0 atom stereocenters. The van der Waals surface area contributed by atoms with E-state index in [-0.39, 0.29) is 11.8 Å². The zero-order valence-corrected chi connectivity index (χ0v) is 15.5. The Balaban J connectivity index is 1.73. The summed E-state index contributed by atoms with van der Waals surface area (Å²) in [5.41, 5.74) is 1.11. The van der Waals surface area contributed by atoms with Gasteiger partial charge < -0.3 is 20.7 Å². The molecule has 1 aliphatic rings. The van der Waals surface area contributed by atoms with Crippen LogP contribution in [0.1, 0.15) is 32.3 Å². The van der Waals surface area contributed by atoms with Crippen LogP contribution >= 0.6 is 0 Å². The Bertz CT molecular complexity index is 583. The number of rotatable bonds is 9. The number of benzene rings is 1. The molecule has 6 heteroatoms. The molecule has 0 radical (unpaired) electrons. The highest BCUT2D eigenvalue weighted by molar-refractivity contribution is 5.80. The zero-order valence-electron chi connectivity index (χ0n) is 15.5. The molecule has 2 rings (SSSR count). The van der Waals surface area contributed by atoms with Gasteiger partial charge in [0, 0.05) is 38.2 Å². The fourth-order valence-electron chi connectivity index (χ4n) is 2.25. The van der Waals surface area contributed by atoms with E-state index in [0.29, 0.717) is 25.6 Å². The maximum absolute atomic E-state index is 11.5. The van der Waals surface area contributed by atoms with Crippen molar-refractivity contribution in [2.24, 2.45) is 16.8 Å². The molecule has 0 bridgehead atoms. The molecular weight excluding hydrogens is 316 g/mol. The second-order valence-corrected chi connectivity index (χ2v) is 6.66. The number of amides is 1. The van der Waals surface area contributed by atoms with Gasteiger partial charge in [0.15, 0.2) is 5.96 Å². The summed E-state index contributed by atoms with van der Waals surface area (Å²) in [6.45, 7) is 6.40. The SMILES string of the molecule is CN=C(NCCNC(=O)C(C)C)NCc1ccccc1OCC1CC1. The van der Waals surface area contributed by atoms with Crippen LogP contribution in [0.5, 0.6) is 5.75 Å². The molecule has 1 aromatic carbocycles. The number of hydrogen-bond acceptors (Lipinski definition) is 3. The largest absolute Gasteiger partial charge is 0.493 e. The Kier molecular flexibility index (Phi) is 7.57. The summed E-state index contributed by atoms with van der Waals surface area (Å²) in [6.07, 6.45) is 2.56. The van der Waals surface area contributed by atoms with E-state index in [1.54, 1.807) is 7.05 Å². The number of nitrogens with one attached hydrogen (secondary N) is 3. The van der Waals surface area contributed by atoms with Gasteiger partial charge in [0.25, 0.3) is 0 Å². The maximum Gasteiger partial charge on any atom is 0.222 e. The molecule has 0 spiro atoms. The van der Waals surface area contributed by atoms with Crippen molar-refractivity contribution in [2.45, 2.75) is 33.2 Å². The minimum absolute atomic E-state index is 0.00424. The summed E-state index contributed by atoms with van der Waals surface area (Å²) in [5, 5.41) is 9.36. The monoisotopic (exact) mass is 346 g/mol. The second kappa shape index (κ2) is 9.91. The van der Waals surface area contributed by atoms with Gasteiger partial charge in [-0.15, -0.1) is 0 Å². The maximum atomic E-state index is 11.5. The summed E-state index contributed by atoms with van der Waals surface area (Å²) >= 11 is 0. The van der Waals surface area contributed by atoms with Gasteiger partial charge in [0.1, 0.15) is 5.75 Å². The first-order valence-electron chi connectivity index (χ1n) is 9.03. The standard InChI is InChI=1S/C19H30N4O2/c1-14(2)18(24)21-10-11-22-19(20-3)23-12-16-6-4-5-7-17(16)25-13-15-8-9-15/h4-7,14-15H,8-13H2,1-3H3,(H,21,24)(H2,20,22,23). The number of para-hydroxylation sites is 1. The van der Waals surface area contributed by atoms with E-state index in [2.05, 4.69) is 27.0 Å². The van der Waals surface area contributed by atoms with Crippen molar-refractivity contribution in [1.82, 2.24) is 16.0 Å². The summed E-state index contributed by atoms with van der Waals surface area (Å²) < 4.78 is 5.93. The normalized spacial score (nSPS) is 14.3. The molecule has 1 aromatic rings. The Morgan fingerprint density at radius 2 is 1.92 bits per heavy atom. The van der Waals surface area contributed by atoms with Gasteiger partial charge in [0.2, 0.25) is 5.91 Å². The van der Waals surface area contributed by atoms with Crippen molar-refractivity contribution in [3.8, 4) is 5.75 Å². The second-order valence-electron chi connectivity index (χ2n) is 6.66. The van der Waals surface area contributed by atoms with E-state index >= 15 is 0 Å². The number of hydrogen-bond donors (Lipinski definition) is 3. The lowest BCUT2D eigenvalue weighted by molar-refractivity contribution is -0.123. The van der Waals surface area contributed by atoms with Crippen LogP contribution in [-0.4, -0.2) is 38.6 Å². The molecule has 1 fully saturated rings. The lowest BCUT2D eigenvalue weighted by Crippen LogP contribution is -2.41. The van der Waals surface area contributed by atoms with Crippen LogP contribution in [0.15, 0.2) is 29.3 Å². The number of carbonyl (C=O) groups is 1. The van der Waals surface area contributed by atoms with E-state index in [1.807, 2.05) is 32.0 Å². The fourth-order valence-corrected chi connectivity index (χ4v) is 2.25. The van der Waals surface area contributed by atoms with Crippen molar-refractivity contribution >= 4 is 11.9 Å². The molecule has 0 unspecified atom stereocenters. The van der Waals surface area contributed by atoms with Gasteiger partial charge in [-0.25, -0.2) is 0 Å². The van der Waals surface area contributed by atoms with Crippen LogP contribution in [0.3, 0.4) is 0 Å². The molecule has 3 N–H and O–H groups in total. The Hall–Kier alpha value is -2.24. The lowest BCUT2D eigenvalue weighted by atomic mass is 10.2. The van der Waals surface area contributed by atoms with Gasteiger partial charge in [0.05, 0.1) is 6.61 Å². The third-order valence-corrected chi connectivity index (χ3v) is 4.06. The zero-order chi connectivity index (χ0) is 18.1. The fraction of sp³-hybridized carbons (Fsp3) is 0.579. The van der Waals surface area contributed by atoms with Crippen LogP contribution in [-0.2, 0) is 11.3 Å². The van der Waals surface area contributed by atoms with Gasteiger partial charge in [-0.2, -0.15) is 0 Å². The molecule has 0 aliphatic heterocycles. The van der Waals surface area contributed by atoms with Crippen LogP contribution in [0, 0.1) is 11.8 Å². The molecule has 1 saturated carbocycles. The number of guanidine groups is 1. The Labute approximate surface area is 150 Å². The van der Waals surface area contributed by atoms with Crippen LogP contribution in [0.2, 0.25) is 0 Å². The highest BCUT2D eigenvalue weighted by Gasteiger charge is 2.22. The van der Waals surface area contributed by atoms with Gasteiger partial charge in [-0.1, -0.05) is 32.0 Å².